The van der Waals surface area contributed by atoms with Gasteiger partial charge < -0.3 is 0 Å². The highest BCUT2D eigenvalue weighted by atomic mass is 35.5. The normalized spacial score (nSPS) is 11.3. The Hall–Kier alpha value is -3.43. The first-order chi connectivity index (χ1) is 17.1. The van der Waals surface area contributed by atoms with E-state index in [1.54, 1.807) is 0 Å². The van der Waals surface area contributed by atoms with Gasteiger partial charge in [0.05, 0.1) is 16.7 Å². The molecule has 0 aliphatic carbocycles. The number of hydrogen-bond acceptors (Lipinski definition) is 2. The number of halogens is 3. The van der Waals surface area contributed by atoms with Crippen molar-refractivity contribution in [1.29, 1.82) is 0 Å². The van der Waals surface area contributed by atoms with Crippen LogP contribution in [-0.4, -0.2) is 9.97 Å². The van der Waals surface area contributed by atoms with Crippen molar-refractivity contribution in [3.05, 3.63) is 118 Å². The Kier molecular flexibility index (Phi) is 5.66. The van der Waals surface area contributed by atoms with E-state index in [9.17, 15) is 0 Å². The third-order valence-electron chi connectivity index (χ3n) is 6.08. The molecule has 0 spiro atoms. The van der Waals surface area contributed by atoms with Gasteiger partial charge >= 0.3 is 0 Å². The quantitative estimate of drug-likeness (QED) is 0.221. The van der Waals surface area contributed by atoms with Crippen molar-refractivity contribution in [3.63, 3.8) is 0 Å². The third kappa shape index (κ3) is 4.04. The van der Waals surface area contributed by atoms with E-state index in [0.29, 0.717) is 15.2 Å². The highest BCUT2D eigenvalue weighted by Crippen LogP contribution is 2.43. The van der Waals surface area contributed by atoms with Gasteiger partial charge in [-0.25, -0.2) is 9.97 Å². The molecule has 0 unspecified atom stereocenters. The van der Waals surface area contributed by atoms with Crippen molar-refractivity contribution in [2.45, 2.75) is 0 Å². The minimum atomic E-state index is 0.388. The third-order valence-corrected chi connectivity index (χ3v) is 6.82. The highest BCUT2D eigenvalue weighted by molar-refractivity contribution is 6.35. The number of hydrogen-bond donors (Lipinski definition) is 0. The van der Waals surface area contributed by atoms with Gasteiger partial charge in [-0.2, -0.15) is 0 Å². The molecule has 0 N–H and O–H groups in total. The first-order valence-electron chi connectivity index (χ1n) is 11.1. The molecule has 2 aromatic heterocycles. The molecule has 4 aromatic carbocycles. The minimum absolute atomic E-state index is 0.388. The molecule has 0 aliphatic rings. The second kappa shape index (κ2) is 8.98. The Morgan fingerprint density at radius 1 is 0.486 bits per heavy atom. The summed E-state index contributed by atoms with van der Waals surface area (Å²) < 4.78 is 0. The predicted octanol–water partition coefficient (Wildman–Crippen LogP) is 9.74. The van der Waals surface area contributed by atoms with Crippen molar-refractivity contribution in [3.8, 4) is 33.5 Å². The fraction of sp³-hybridized carbons (Fsp3) is 0. The fourth-order valence-corrected chi connectivity index (χ4v) is 5.15. The van der Waals surface area contributed by atoms with Crippen LogP contribution in [0.5, 0.6) is 0 Å². The summed E-state index contributed by atoms with van der Waals surface area (Å²) in [5, 5.41) is 3.58. The molecule has 0 fully saturated rings. The first-order valence-corrected chi connectivity index (χ1v) is 12.2. The molecule has 0 aliphatic heterocycles. The average Bonchev–Trinajstić information content (AvgIpc) is 2.88. The molecule has 6 rings (SSSR count). The molecule has 6 aromatic rings. The van der Waals surface area contributed by atoms with Crippen molar-refractivity contribution in [1.82, 2.24) is 9.97 Å². The molecule has 0 radical (unpaired) electrons. The van der Waals surface area contributed by atoms with Crippen LogP contribution in [0.15, 0.2) is 103 Å². The maximum absolute atomic E-state index is 6.90. The second-order valence-electron chi connectivity index (χ2n) is 8.26. The smallest absolute Gasteiger partial charge is 0.139 e. The molecule has 0 saturated carbocycles. The van der Waals surface area contributed by atoms with Crippen LogP contribution in [0.3, 0.4) is 0 Å². The molecule has 2 nitrogen and oxygen atoms in total. The van der Waals surface area contributed by atoms with E-state index in [2.05, 4.69) is 30.3 Å². The van der Waals surface area contributed by atoms with Gasteiger partial charge in [-0.1, -0.05) is 95.5 Å². The molecule has 35 heavy (non-hydrogen) atoms. The summed E-state index contributed by atoms with van der Waals surface area (Å²) >= 11 is 19.7. The summed E-state index contributed by atoms with van der Waals surface area (Å²) in [7, 11) is 0. The molecular formula is C30H17Cl3N2. The summed E-state index contributed by atoms with van der Waals surface area (Å²) in [4.78, 5) is 9.75. The van der Waals surface area contributed by atoms with Gasteiger partial charge in [0.25, 0.3) is 0 Å². The Balaban J connectivity index is 1.75. The van der Waals surface area contributed by atoms with Gasteiger partial charge in [-0.05, 0) is 59.2 Å². The molecule has 0 atom stereocenters. The summed E-state index contributed by atoms with van der Waals surface area (Å²) in [6.45, 7) is 0. The number of fused-ring (bicyclic) bond motifs is 2. The van der Waals surface area contributed by atoms with E-state index >= 15 is 0 Å². The Morgan fingerprint density at radius 3 is 1.71 bits per heavy atom. The minimum Gasteiger partial charge on any atom is -0.248 e. The molecule has 0 amide bonds. The molecule has 0 saturated heterocycles. The van der Waals surface area contributed by atoms with Gasteiger partial charge in [-0.15, -0.1) is 0 Å². The van der Waals surface area contributed by atoms with E-state index in [-0.39, 0.29) is 0 Å². The average molecular weight is 512 g/mol. The van der Waals surface area contributed by atoms with Crippen LogP contribution in [0.4, 0.5) is 0 Å². The molecule has 168 valence electrons. The molecule has 2 heterocycles. The largest absolute Gasteiger partial charge is 0.248 e. The number of rotatable bonds is 3. The van der Waals surface area contributed by atoms with Crippen LogP contribution in [0.1, 0.15) is 0 Å². The van der Waals surface area contributed by atoms with E-state index in [4.69, 9.17) is 44.8 Å². The van der Waals surface area contributed by atoms with Crippen LogP contribution >= 0.6 is 34.8 Å². The summed E-state index contributed by atoms with van der Waals surface area (Å²) in [5.41, 5.74) is 7.15. The Bertz CT molecular complexity index is 1720. The number of aromatic nitrogens is 2. The van der Waals surface area contributed by atoms with Gasteiger partial charge in [-0.3, -0.25) is 0 Å². The predicted molar refractivity (Wildman–Crippen MR) is 148 cm³/mol. The van der Waals surface area contributed by atoms with E-state index in [0.717, 1.165) is 55.3 Å². The van der Waals surface area contributed by atoms with E-state index in [1.165, 1.54) is 0 Å². The lowest BCUT2D eigenvalue weighted by Gasteiger charge is -2.17. The molecule has 5 heteroatoms. The fourth-order valence-electron chi connectivity index (χ4n) is 4.53. The van der Waals surface area contributed by atoms with Crippen LogP contribution in [0, 0.1) is 0 Å². The molecular weight excluding hydrogens is 495 g/mol. The van der Waals surface area contributed by atoms with Crippen molar-refractivity contribution in [2.75, 3.05) is 0 Å². The lowest BCUT2D eigenvalue weighted by molar-refractivity contribution is 1.35. The second-order valence-corrected chi connectivity index (χ2v) is 9.49. The zero-order valence-electron chi connectivity index (χ0n) is 18.3. The van der Waals surface area contributed by atoms with Crippen LogP contribution in [-0.2, 0) is 0 Å². The number of pyridine rings is 2. The SMILES string of the molecule is Clc1ccc2nc(-c3c(Cl)nc4ccc(Cl)cc4c3-c3ccccc3)cc(-c3ccccc3)c2c1. The van der Waals surface area contributed by atoms with Gasteiger partial charge in [0.1, 0.15) is 5.15 Å². The summed E-state index contributed by atoms with van der Waals surface area (Å²) in [6, 6.07) is 33.8. The van der Waals surface area contributed by atoms with Crippen molar-refractivity contribution < 1.29 is 0 Å². The van der Waals surface area contributed by atoms with Crippen molar-refractivity contribution >= 4 is 56.6 Å². The van der Waals surface area contributed by atoms with Gasteiger partial charge in [0.2, 0.25) is 0 Å². The van der Waals surface area contributed by atoms with Gasteiger partial charge in [0.15, 0.2) is 0 Å². The zero-order chi connectivity index (χ0) is 23.9. The summed E-state index contributed by atoms with van der Waals surface area (Å²) in [5.74, 6) is 0. The van der Waals surface area contributed by atoms with E-state index < -0.39 is 0 Å². The Morgan fingerprint density at radius 2 is 1.06 bits per heavy atom. The highest BCUT2D eigenvalue weighted by Gasteiger charge is 2.20. The standard InChI is InChI=1S/C30H17Cl3N2/c31-20-11-13-25-23(15-20)22(18-7-3-1-4-8-18)17-27(34-25)29-28(19-9-5-2-6-10-19)24-16-21(32)12-14-26(24)35-30(29)33/h1-17H. The maximum atomic E-state index is 6.90. The number of benzene rings is 4. The molecule has 0 bridgehead atoms. The Labute approximate surface area is 217 Å². The first kappa shape index (κ1) is 22.1. The summed E-state index contributed by atoms with van der Waals surface area (Å²) in [6.07, 6.45) is 0. The van der Waals surface area contributed by atoms with Crippen LogP contribution < -0.4 is 0 Å². The van der Waals surface area contributed by atoms with Gasteiger partial charge in [0, 0.05) is 31.9 Å². The zero-order valence-corrected chi connectivity index (χ0v) is 20.6. The lowest BCUT2D eigenvalue weighted by atomic mass is 9.92. The van der Waals surface area contributed by atoms with Crippen LogP contribution in [0.2, 0.25) is 15.2 Å². The number of nitrogens with zero attached hydrogens (tertiary/aromatic N) is 2. The van der Waals surface area contributed by atoms with Crippen molar-refractivity contribution in [2.24, 2.45) is 0 Å². The lowest BCUT2D eigenvalue weighted by Crippen LogP contribution is -1.96. The maximum Gasteiger partial charge on any atom is 0.139 e. The monoisotopic (exact) mass is 510 g/mol. The van der Waals surface area contributed by atoms with Crippen LogP contribution in [0.25, 0.3) is 55.3 Å². The van der Waals surface area contributed by atoms with E-state index in [1.807, 2.05) is 72.8 Å². The topological polar surface area (TPSA) is 25.8 Å².